The van der Waals surface area contributed by atoms with E-state index in [1.54, 1.807) is 6.08 Å². The summed E-state index contributed by atoms with van der Waals surface area (Å²) in [6, 6.07) is 0. The van der Waals surface area contributed by atoms with Crippen molar-refractivity contribution in [2.45, 2.75) is 59.5 Å². The Labute approximate surface area is 145 Å². The Morgan fingerprint density at radius 3 is 2.88 bits per heavy atom. The molecule has 3 heteroatoms. The Kier molecular flexibility index (Phi) is 5.98. The molecule has 0 N–H and O–H groups in total. The summed E-state index contributed by atoms with van der Waals surface area (Å²) < 4.78 is 5.70. The molecule has 0 heterocycles. The molecule has 0 unspecified atom stereocenters. The summed E-state index contributed by atoms with van der Waals surface area (Å²) in [6.45, 7) is 8.27. The third-order valence-corrected chi connectivity index (χ3v) is 5.25. The maximum atomic E-state index is 12.2. The van der Waals surface area contributed by atoms with Gasteiger partial charge in [-0.25, -0.2) is 0 Å². The molecule has 0 bridgehead atoms. The molecule has 3 nitrogen and oxygen atoms in total. The van der Waals surface area contributed by atoms with E-state index in [4.69, 9.17) is 4.74 Å². The van der Waals surface area contributed by atoms with Crippen LogP contribution in [0.1, 0.15) is 53.4 Å². The van der Waals surface area contributed by atoms with Crippen LogP contribution >= 0.6 is 0 Å². The summed E-state index contributed by atoms with van der Waals surface area (Å²) >= 11 is 0. The summed E-state index contributed by atoms with van der Waals surface area (Å²) in [4.78, 5) is 24.3. The van der Waals surface area contributed by atoms with E-state index in [0.717, 1.165) is 17.6 Å². The van der Waals surface area contributed by atoms with Crippen LogP contribution in [0.4, 0.5) is 0 Å². The molecule has 0 aromatic rings. The van der Waals surface area contributed by atoms with Gasteiger partial charge in [0.05, 0.1) is 0 Å². The van der Waals surface area contributed by atoms with Crippen LogP contribution in [0.2, 0.25) is 0 Å². The summed E-state index contributed by atoms with van der Waals surface area (Å²) in [7, 11) is 0. The van der Waals surface area contributed by atoms with Crippen LogP contribution in [0, 0.1) is 11.3 Å². The Morgan fingerprint density at radius 1 is 1.46 bits per heavy atom. The maximum Gasteiger partial charge on any atom is 0.306 e. The van der Waals surface area contributed by atoms with E-state index in [0.29, 0.717) is 19.3 Å². The van der Waals surface area contributed by atoms with Gasteiger partial charge in [0.25, 0.3) is 0 Å². The number of ketones is 1. The van der Waals surface area contributed by atoms with E-state index in [1.807, 2.05) is 44.2 Å². The van der Waals surface area contributed by atoms with E-state index >= 15 is 0 Å². The predicted molar refractivity (Wildman–Crippen MR) is 96.4 cm³/mol. The molecule has 0 aliphatic heterocycles. The molecule has 3 atom stereocenters. The van der Waals surface area contributed by atoms with Crippen molar-refractivity contribution >= 4 is 11.8 Å². The molecule has 0 aromatic heterocycles. The molecule has 0 saturated carbocycles. The number of esters is 1. The van der Waals surface area contributed by atoms with E-state index < -0.39 is 0 Å². The number of carbonyl (C=O) groups excluding carboxylic acids is 2. The van der Waals surface area contributed by atoms with Crippen molar-refractivity contribution < 1.29 is 14.3 Å². The third kappa shape index (κ3) is 3.77. The van der Waals surface area contributed by atoms with Crippen LogP contribution in [0.15, 0.2) is 47.6 Å². The number of fused-ring (bicyclic) bond motifs is 1. The van der Waals surface area contributed by atoms with Gasteiger partial charge in [0.1, 0.15) is 6.10 Å². The second kappa shape index (κ2) is 7.78. The molecule has 24 heavy (non-hydrogen) atoms. The summed E-state index contributed by atoms with van der Waals surface area (Å²) in [5.41, 5.74) is 1.76. The van der Waals surface area contributed by atoms with Gasteiger partial charge in [-0.15, -0.1) is 0 Å². The average molecular weight is 328 g/mol. The predicted octanol–water partition coefficient (Wildman–Crippen LogP) is 4.70. The lowest BCUT2D eigenvalue weighted by Crippen LogP contribution is -2.42. The summed E-state index contributed by atoms with van der Waals surface area (Å²) in [5, 5.41) is 0. The molecular weight excluding hydrogens is 300 g/mol. The van der Waals surface area contributed by atoms with Crippen molar-refractivity contribution in [3.05, 3.63) is 47.6 Å². The standard InChI is InChI=1S/C21H28O3/c1-5-7-8-10-20(23)24-19-12-11-17-13-18(22)16(9-6-2)14-21(17,4)15(19)3/h5,7,9,11-13,15,19H,6,8,10,14H2,1-4H3/b7-5+,16-9-/t15-,19-,21+/m0/s1. The fourth-order valence-electron chi connectivity index (χ4n) is 3.51. The van der Waals surface area contributed by atoms with Gasteiger partial charge < -0.3 is 4.74 Å². The molecule has 2 rings (SSSR count). The Morgan fingerprint density at radius 2 is 2.21 bits per heavy atom. The van der Waals surface area contributed by atoms with Crippen LogP contribution in [-0.4, -0.2) is 17.9 Å². The molecule has 130 valence electrons. The number of hydrogen-bond acceptors (Lipinski definition) is 3. The van der Waals surface area contributed by atoms with Gasteiger partial charge in [0.2, 0.25) is 0 Å². The molecule has 0 fully saturated rings. The smallest absolute Gasteiger partial charge is 0.306 e. The normalized spacial score (nSPS) is 31.2. The van der Waals surface area contributed by atoms with Crippen LogP contribution in [0.3, 0.4) is 0 Å². The van der Waals surface area contributed by atoms with Gasteiger partial charge in [-0.05, 0) is 49.5 Å². The van der Waals surface area contributed by atoms with Gasteiger partial charge >= 0.3 is 5.97 Å². The second-order valence-corrected chi connectivity index (χ2v) is 6.91. The molecular formula is C21H28O3. The molecule has 0 amide bonds. The van der Waals surface area contributed by atoms with Gasteiger partial charge in [-0.3, -0.25) is 9.59 Å². The van der Waals surface area contributed by atoms with Crippen LogP contribution < -0.4 is 0 Å². The van der Waals surface area contributed by atoms with Crippen molar-refractivity contribution in [1.82, 2.24) is 0 Å². The Bertz CT molecular complexity index is 621. The Hall–Kier alpha value is -1.90. The molecule has 2 aliphatic carbocycles. The number of allylic oxidation sites excluding steroid dienone is 7. The quantitative estimate of drug-likeness (QED) is 0.417. The maximum absolute atomic E-state index is 12.2. The zero-order chi connectivity index (χ0) is 17.7. The molecule has 0 spiro atoms. The number of ether oxygens (including phenoxy) is 1. The lowest BCUT2D eigenvalue weighted by molar-refractivity contribution is -0.150. The van der Waals surface area contributed by atoms with Gasteiger partial charge in [0.15, 0.2) is 5.78 Å². The van der Waals surface area contributed by atoms with E-state index in [9.17, 15) is 9.59 Å². The average Bonchev–Trinajstić information content (AvgIpc) is 2.54. The first-order valence-electron chi connectivity index (χ1n) is 8.86. The SMILES string of the molecule is C/C=C/CCC(=O)O[C@H]1C=CC2=CC(=O)/C(=C\CC)C[C@]2(C)[C@H]1C. The molecule has 0 radical (unpaired) electrons. The zero-order valence-corrected chi connectivity index (χ0v) is 15.2. The van der Waals surface area contributed by atoms with Gasteiger partial charge in [-0.1, -0.05) is 45.1 Å². The van der Waals surface area contributed by atoms with Crippen molar-refractivity contribution in [3.8, 4) is 0 Å². The highest BCUT2D eigenvalue weighted by atomic mass is 16.5. The highest BCUT2D eigenvalue weighted by molar-refractivity contribution is 6.06. The first-order valence-corrected chi connectivity index (χ1v) is 8.86. The largest absolute Gasteiger partial charge is 0.458 e. The minimum atomic E-state index is -0.235. The fourth-order valence-corrected chi connectivity index (χ4v) is 3.51. The first-order chi connectivity index (χ1) is 11.4. The van der Waals surface area contributed by atoms with E-state index in [-0.39, 0.29) is 29.2 Å². The molecule has 0 saturated heterocycles. The fraction of sp³-hybridized carbons (Fsp3) is 0.524. The number of rotatable bonds is 5. The van der Waals surface area contributed by atoms with E-state index in [2.05, 4.69) is 13.8 Å². The minimum Gasteiger partial charge on any atom is -0.458 e. The highest BCUT2D eigenvalue weighted by Crippen LogP contribution is 2.49. The number of carbonyl (C=O) groups is 2. The third-order valence-electron chi connectivity index (χ3n) is 5.25. The first kappa shape index (κ1) is 18.4. The lowest BCUT2D eigenvalue weighted by Gasteiger charge is -2.45. The van der Waals surface area contributed by atoms with Crippen molar-refractivity contribution in [2.75, 3.05) is 0 Å². The zero-order valence-electron chi connectivity index (χ0n) is 15.2. The second-order valence-electron chi connectivity index (χ2n) is 6.91. The van der Waals surface area contributed by atoms with Crippen molar-refractivity contribution in [3.63, 3.8) is 0 Å². The van der Waals surface area contributed by atoms with Crippen LogP contribution in [0.5, 0.6) is 0 Å². The topological polar surface area (TPSA) is 43.4 Å². The monoisotopic (exact) mass is 328 g/mol. The Balaban J connectivity index is 2.17. The molecule has 0 aromatic carbocycles. The van der Waals surface area contributed by atoms with Gasteiger partial charge in [0, 0.05) is 17.8 Å². The summed E-state index contributed by atoms with van der Waals surface area (Å²) in [6.07, 6.45) is 14.0. The lowest BCUT2D eigenvalue weighted by atomic mass is 9.61. The van der Waals surface area contributed by atoms with E-state index in [1.165, 1.54) is 0 Å². The summed E-state index contributed by atoms with van der Waals surface area (Å²) in [5.74, 6) is 0.0811. The van der Waals surface area contributed by atoms with Crippen LogP contribution in [0.25, 0.3) is 0 Å². The minimum absolute atomic E-state index is 0.114. The molecule has 2 aliphatic rings. The highest BCUT2D eigenvalue weighted by Gasteiger charge is 2.45. The van der Waals surface area contributed by atoms with Crippen molar-refractivity contribution in [1.29, 1.82) is 0 Å². The van der Waals surface area contributed by atoms with Gasteiger partial charge in [-0.2, -0.15) is 0 Å². The number of hydrogen-bond donors (Lipinski definition) is 0. The van der Waals surface area contributed by atoms with Crippen molar-refractivity contribution in [2.24, 2.45) is 11.3 Å². The van der Waals surface area contributed by atoms with Crippen LogP contribution in [-0.2, 0) is 14.3 Å².